The van der Waals surface area contributed by atoms with Crippen molar-refractivity contribution in [3.8, 4) is 0 Å². The molecule has 0 radical (unpaired) electrons. The highest BCUT2D eigenvalue weighted by molar-refractivity contribution is 6.31. The minimum Gasteiger partial charge on any atom is -0.444 e. The highest BCUT2D eigenvalue weighted by Crippen LogP contribution is 2.44. The molecule has 3 atom stereocenters. The average Bonchev–Trinajstić information content (AvgIpc) is 2.67. The van der Waals surface area contributed by atoms with E-state index < -0.39 is 29.1 Å². The van der Waals surface area contributed by atoms with E-state index in [4.69, 9.17) is 16.3 Å². The predicted molar refractivity (Wildman–Crippen MR) is 105 cm³/mol. The van der Waals surface area contributed by atoms with Gasteiger partial charge in [0, 0.05) is 15.9 Å². The second-order valence-electron chi connectivity index (χ2n) is 6.72. The Kier molecular flexibility index (Phi) is 6.16. The van der Waals surface area contributed by atoms with Crippen LogP contribution in [0.3, 0.4) is 0 Å². The van der Waals surface area contributed by atoms with Crippen LogP contribution < -0.4 is 4.90 Å². The number of carbonyl (C=O) groups excluding carboxylic acids is 1. The number of carbonyl (C=O) groups is 1. The molecule has 1 amide bonds. The molecule has 8 heteroatoms. The first-order valence-electron chi connectivity index (χ1n) is 9.01. The normalized spacial score (nSPS) is 21.1. The number of ether oxygens (including phenoxy) is 1. The molecule has 0 aromatic heterocycles. The summed E-state index contributed by atoms with van der Waals surface area (Å²) in [6.07, 6.45) is -1.51. The maximum absolute atomic E-state index is 12.8. The van der Waals surface area contributed by atoms with Gasteiger partial charge in [0.1, 0.15) is 12.8 Å². The van der Waals surface area contributed by atoms with Crippen molar-refractivity contribution in [2.24, 2.45) is 5.92 Å². The first-order valence-corrected chi connectivity index (χ1v) is 9.39. The van der Waals surface area contributed by atoms with Crippen molar-refractivity contribution >= 4 is 23.4 Å². The lowest BCUT2D eigenvalue weighted by atomic mass is 9.78. The fourth-order valence-corrected chi connectivity index (χ4v) is 3.86. The van der Waals surface area contributed by atoms with Crippen molar-refractivity contribution < 1.29 is 19.6 Å². The summed E-state index contributed by atoms with van der Waals surface area (Å²) < 4.78 is 5.39. The first-order chi connectivity index (χ1) is 13.4. The predicted octanol–water partition coefficient (Wildman–Crippen LogP) is 4.20. The minimum atomic E-state index is -1.25. The Morgan fingerprint density at radius 1 is 1.29 bits per heavy atom. The second kappa shape index (κ2) is 8.58. The Morgan fingerprint density at radius 3 is 2.64 bits per heavy atom. The van der Waals surface area contributed by atoms with Crippen molar-refractivity contribution in [2.75, 3.05) is 11.4 Å². The fourth-order valence-electron chi connectivity index (χ4n) is 3.70. The summed E-state index contributed by atoms with van der Waals surface area (Å²) in [5.74, 6) is -1.02. The number of aliphatic hydroxyl groups is 1. The van der Waals surface area contributed by atoms with Gasteiger partial charge in [0.2, 0.25) is 6.54 Å². The number of hydrogen-bond acceptors (Lipinski definition) is 5. The largest absolute Gasteiger partial charge is 0.444 e. The SMILES string of the molecule is CC[C@@H]1[C@H](C[N+](=O)[O-])c2ccc(Cl)cc2N(C(=O)OCc2ccccc2)[C@H]1O. The molecule has 0 spiro atoms. The molecule has 1 heterocycles. The third-order valence-corrected chi connectivity index (χ3v) is 5.27. The van der Waals surface area contributed by atoms with E-state index in [-0.39, 0.29) is 13.2 Å². The number of rotatable bonds is 5. The van der Waals surface area contributed by atoms with Gasteiger partial charge in [0.05, 0.1) is 11.6 Å². The molecule has 3 rings (SSSR count). The van der Waals surface area contributed by atoms with E-state index in [1.165, 1.54) is 6.07 Å². The molecule has 0 unspecified atom stereocenters. The summed E-state index contributed by atoms with van der Waals surface area (Å²) in [5.41, 5.74) is 1.76. The van der Waals surface area contributed by atoms with Gasteiger partial charge >= 0.3 is 6.09 Å². The van der Waals surface area contributed by atoms with E-state index in [0.717, 1.165) is 10.5 Å². The van der Waals surface area contributed by atoms with Crippen molar-refractivity contribution in [1.29, 1.82) is 0 Å². The van der Waals surface area contributed by atoms with Gasteiger partial charge in [-0.15, -0.1) is 0 Å². The molecule has 2 aromatic rings. The summed E-state index contributed by atoms with van der Waals surface area (Å²) in [4.78, 5) is 24.7. The Morgan fingerprint density at radius 2 is 2.00 bits per heavy atom. The van der Waals surface area contributed by atoms with Gasteiger partial charge in [0.25, 0.3) is 0 Å². The van der Waals surface area contributed by atoms with Crippen molar-refractivity contribution in [1.82, 2.24) is 0 Å². The van der Waals surface area contributed by atoms with E-state index in [2.05, 4.69) is 0 Å². The molecular weight excluding hydrogens is 384 g/mol. The molecule has 148 valence electrons. The molecule has 0 fully saturated rings. The fraction of sp³-hybridized carbons (Fsp3) is 0.350. The van der Waals surface area contributed by atoms with E-state index in [1.54, 1.807) is 12.1 Å². The van der Waals surface area contributed by atoms with Crippen molar-refractivity contribution in [3.05, 3.63) is 74.8 Å². The molecular formula is C20H21ClN2O5. The topological polar surface area (TPSA) is 92.9 Å². The van der Waals surface area contributed by atoms with Crippen LogP contribution in [0, 0.1) is 16.0 Å². The molecule has 0 saturated carbocycles. The lowest BCUT2D eigenvalue weighted by Crippen LogP contribution is -2.51. The number of aliphatic hydroxyl groups excluding tert-OH is 1. The number of nitro groups is 1. The van der Waals surface area contributed by atoms with Gasteiger partial charge in [-0.25, -0.2) is 4.79 Å². The van der Waals surface area contributed by atoms with Crippen LogP contribution in [0.5, 0.6) is 0 Å². The highest BCUT2D eigenvalue weighted by atomic mass is 35.5. The number of halogens is 1. The van der Waals surface area contributed by atoms with Gasteiger partial charge in [-0.2, -0.15) is 0 Å². The van der Waals surface area contributed by atoms with E-state index >= 15 is 0 Å². The van der Waals surface area contributed by atoms with Crippen LogP contribution in [0.1, 0.15) is 30.4 Å². The third kappa shape index (κ3) is 4.10. The number of benzene rings is 2. The van der Waals surface area contributed by atoms with Crippen LogP contribution >= 0.6 is 11.6 Å². The number of nitrogens with zero attached hydrogens (tertiary/aromatic N) is 2. The first kappa shape index (κ1) is 20.1. The third-order valence-electron chi connectivity index (χ3n) is 5.03. The van der Waals surface area contributed by atoms with Gasteiger partial charge in [-0.05, 0) is 29.7 Å². The summed E-state index contributed by atoms with van der Waals surface area (Å²) >= 11 is 6.10. The maximum atomic E-state index is 12.8. The Bertz CT molecular complexity index is 861. The van der Waals surface area contributed by atoms with E-state index in [9.17, 15) is 20.0 Å². The molecule has 0 bridgehead atoms. The van der Waals surface area contributed by atoms with Gasteiger partial charge in [-0.1, -0.05) is 54.9 Å². The molecule has 1 aliphatic heterocycles. The molecule has 0 saturated heterocycles. The lowest BCUT2D eigenvalue weighted by Gasteiger charge is -2.41. The van der Waals surface area contributed by atoms with E-state index in [1.807, 2.05) is 37.3 Å². The second-order valence-corrected chi connectivity index (χ2v) is 7.16. The number of anilines is 1. The van der Waals surface area contributed by atoms with Crippen molar-refractivity contribution in [3.63, 3.8) is 0 Å². The molecule has 28 heavy (non-hydrogen) atoms. The number of fused-ring (bicyclic) bond motifs is 1. The Hall–Kier alpha value is -2.64. The maximum Gasteiger partial charge on any atom is 0.416 e. The summed E-state index contributed by atoms with van der Waals surface area (Å²) in [6, 6.07) is 14.0. The average molecular weight is 405 g/mol. The lowest BCUT2D eigenvalue weighted by molar-refractivity contribution is -0.485. The zero-order valence-corrected chi connectivity index (χ0v) is 16.1. The molecule has 2 aromatic carbocycles. The standard InChI is InChI=1S/C20H21ClN2O5/c1-2-15-17(11-22(26)27)16-9-8-14(21)10-18(16)23(19(15)24)20(25)28-12-13-6-4-3-5-7-13/h3-10,15,17,19,24H,2,11-12H2,1H3/t15-,17+,19+/m1/s1. The minimum absolute atomic E-state index is 0.0495. The highest BCUT2D eigenvalue weighted by Gasteiger charge is 2.44. The van der Waals surface area contributed by atoms with Gasteiger partial charge in [-0.3, -0.25) is 15.0 Å². The van der Waals surface area contributed by atoms with Gasteiger partial charge in [0.15, 0.2) is 0 Å². The molecule has 1 aliphatic rings. The number of amides is 1. The zero-order valence-electron chi connectivity index (χ0n) is 15.3. The van der Waals surface area contributed by atoms with Crippen LogP contribution in [-0.2, 0) is 11.3 Å². The summed E-state index contributed by atoms with van der Waals surface area (Å²) in [6.45, 7) is 1.54. The molecule has 1 N–H and O–H groups in total. The van der Waals surface area contributed by atoms with Crippen LogP contribution in [0.4, 0.5) is 10.5 Å². The van der Waals surface area contributed by atoms with Crippen LogP contribution in [0.15, 0.2) is 48.5 Å². The Labute approximate surface area is 167 Å². The van der Waals surface area contributed by atoms with Crippen LogP contribution in [0.25, 0.3) is 0 Å². The van der Waals surface area contributed by atoms with Crippen LogP contribution in [0.2, 0.25) is 5.02 Å². The quantitative estimate of drug-likeness (QED) is 0.595. The Balaban J connectivity index is 1.94. The molecule has 0 aliphatic carbocycles. The smallest absolute Gasteiger partial charge is 0.416 e. The number of hydrogen-bond donors (Lipinski definition) is 1. The van der Waals surface area contributed by atoms with Gasteiger partial charge < -0.3 is 9.84 Å². The zero-order chi connectivity index (χ0) is 20.3. The van der Waals surface area contributed by atoms with Crippen LogP contribution in [-0.4, -0.2) is 28.9 Å². The van der Waals surface area contributed by atoms with E-state index in [0.29, 0.717) is 22.7 Å². The monoisotopic (exact) mass is 404 g/mol. The van der Waals surface area contributed by atoms with Crippen molar-refractivity contribution in [2.45, 2.75) is 32.1 Å². The summed E-state index contributed by atoms with van der Waals surface area (Å²) in [5, 5.41) is 22.4. The summed E-state index contributed by atoms with van der Waals surface area (Å²) in [7, 11) is 0. The molecule has 7 nitrogen and oxygen atoms in total.